The number of halogens is 3. The van der Waals surface area contributed by atoms with Crippen molar-refractivity contribution in [2.24, 2.45) is 0 Å². The van der Waals surface area contributed by atoms with E-state index in [1.54, 1.807) is 0 Å². The van der Waals surface area contributed by atoms with Gasteiger partial charge in [0.15, 0.2) is 0 Å². The molecule has 2 rings (SSSR count). The van der Waals surface area contributed by atoms with Crippen LogP contribution < -0.4 is 0 Å². The highest BCUT2D eigenvalue weighted by Gasteiger charge is 2.31. The van der Waals surface area contributed by atoms with E-state index in [0.717, 1.165) is 25.7 Å². The van der Waals surface area contributed by atoms with Crippen molar-refractivity contribution in [3.8, 4) is 0 Å². The largest absolute Gasteiger partial charge is 0.446 e. The molecule has 0 spiro atoms. The van der Waals surface area contributed by atoms with Crippen LogP contribution in [0.2, 0.25) is 0 Å². The van der Waals surface area contributed by atoms with Crippen LogP contribution in [0.1, 0.15) is 49.9 Å². The highest BCUT2D eigenvalue weighted by Crippen LogP contribution is 2.37. The molecule has 1 fully saturated rings. The summed E-state index contributed by atoms with van der Waals surface area (Å²) in [6.45, 7) is 3.95. The van der Waals surface area contributed by atoms with Crippen molar-refractivity contribution in [3.05, 3.63) is 29.8 Å². The number of carbonyl (C=O) groups excluding carboxylic acids is 1. The Morgan fingerprint density at radius 2 is 1.73 bits per heavy atom. The van der Waals surface area contributed by atoms with Gasteiger partial charge in [-0.1, -0.05) is 12.8 Å². The Hall–Kier alpha value is -1.17. The fraction of sp³-hybridized carbons (Fsp3) is 0.562. The minimum absolute atomic E-state index is 0.0832. The van der Waals surface area contributed by atoms with Crippen LogP contribution >= 0.6 is 11.8 Å². The van der Waals surface area contributed by atoms with Crippen molar-refractivity contribution < 1.29 is 18.0 Å². The molecule has 6 heteroatoms. The molecule has 1 amide bonds. The zero-order valence-corrected chi connectivity index (χ0v) is 13.5. The first kappa shape index (κ1) is 17.2. The molecule has 0 aromatic heterocycles. The van der Waals surface area contributed by atoms with Gasteiger partial charge in [0.05, 0.1) is 0 Å². The molecule has 22 heavy (non-hydrogen) atoms. The molecule has 122 valence electrons. The van der Waals surface area contributed by atoms with Crippen molar-refractivity contribution in [1.82, 2.24) is 4.90 Å². The Morgan fingerprint density at radius 1 is 1.18 bits per heavy atom. The highest BCUT2D eigenvalue weighted by molar-refractivity contribution is 8.00. The van der Waals surface area contributed by atoms with Crippen LogP contribution in [0.5, 0.6) is 0 Å². The molecule has 0 radical (unpaired) electrons. The minimum atomic E-state index is -4.31. The Labute approximate surface area is 133 Å². The van der Waals surface area contributed by atoms with Gasteiger partial charge >= 0.3 is 5.51 Å². The van der Waals surface area contributed by atoms with Crippen LogP contribution in [0.15, 0.2) is 29.2 Å². The summed E-state index contributed by atoms with van der Waals surface area (Å²) in [7, 11) is 0. The molecule has 2 nitrogen and oxygen atoms in total. The van der Waals surface area contributed by atoms with Gasteiger partial charge in [0.1, 0.15) is 0 Å². The Bertz CT molecular complexity index is 507. The normalized spacial score (nSPS) is 16.3. The summed E-state index contributed by atoms with van der Waals surface area (Å²) >= 11 is -0.164. The first-order valence-corrected chi connectivity index (χ1v) is 8.28. The summed E-state index contributed by atoms with van der Waals surface area (Å²) in [6.07, 6.45) is 4.27. The SMILES string of the molecule is CC(C)N(C(=O)c1ccc(SC(F)(F)F)cc1)C1CCCC1. The molecule has 0 N–H and O–H groups in total. The number of nitrogens with zero attached hydrogens (tertiary/aromatic N) is 1. The third-order valence-corrected chi connectivity index (χ3v) is 4.58. The molecule has 0 saturated heterocycles. The van der Waals surface area contributed by atoms with Crippen molar-refractivity contribution in [2.75, 3.05) is 0 Å². The quantitative estimate of drug-likeness (QED) is 0.716. The van der Waals surface area contributed by atoms with Gasteiger partial charge in [0.2, 0.25) is 0 Å². The summed E-state index contributed by atoms with van der Waals surface area (Å²) < 4.78 is 37.0. The van der Waals surface area contributed by atoms with Crippen molar-refractivity contribution in [1.29, 1.82) is 0 Å². The Balaban J connectivity index is 2.13. The van der Waals surface area contributed by atoms with Crippen LogP contribution in [0.25, 0.3) is 0 Å². The van der Waals surface area contributed by atoms with E-state index in [0.29, 0.717) is 5.56 Å². The lowest BCUT2D eigenvalue weighted by molar-refractivity contribution is -0.0328. The molecule has 0 heterocycles. The maximum atomic E-state index is 12.7. The number of amides is 1. The molecule has 0 atom stereocenters. The highest BCUT2D eigenvalue weighted by atomic mass is 32.2. The van der Waals surface area contributed by atoms with E-state index in [2.05, 4.69) is 0 Å². The third kappa shape index (κ3) is 4.41. The van der Waals surface area contributed by atoms with Gasteiger partial charge in [-0.3, -0.25) is 4.79 Å². The van der Waals surface area contributed by atoms with Crippen molar-refractivity contribution in [2.45, 2.75) is 62.0 Å². The van der Waals surface area contributed by atoms with E-state index in [4.69, 9.17) is 0 Å². The average Bonchev–Trinajstić information content (AvgIpc) is 2.91. The second kappa shape index (κ2) is 6.94. The van der Waals surface area contributed by atoms with Gasteiger partial charge in [-0.05, 0) is 62.7 Å². The molecular formula is C16H20F3NOS. The summed E-state index contributed by atoms with van der Waals surface area (Å²) in [5.41, 5.74) is -3.86. The maximum absolute atomic E-state index is 12.7. The topological polar surface area (TPSA) is 20.3 Å². The van der Waals surface area contributed by atoms with Gasteiger partial charge in [-0.2, -0.15) is 13.2 Å². The first-order valence-electron chi connectivity index (χ1n) is 7.46. The molecular weight excluding hydrogens is 311 g/mol. The van der Waals surface area contributed by atoms with Crippen LogP contribution in [-0.4, -0.2) is 28.4 Å². The summed E-state index contributed by atoms with van der Waals surface area (Å²) in [5.74, 6) is -0.0922. The number of carbonyl (C=O) groups is 1. The standard InChI is InChI=1S/C16H20F3NOS/c1-11(2)20(13-5-3-4-6-13)15(21)12-7-9-14(10-8-12)22-16(17,18)19/h7-11,13H,3-6H2,1-2H3. The second-order valence-electron chi connectivity index (χ2n) is 5.82. The van der Waals surface area contributed by atoms with E-state index in [9.17, 15) is 18.0 Å². The van der Waals surface area contributed by atoms with E-state index in [-0.39, 0.29) is 34.6 Å². The van der Waals surface area contributed by atoms with Crippen molar-refractivity contribution >= 4 is 17.7 Å². The maximum Gasteiger partial charge on any atom is 0.446 e. The number of alkyl halides is 3. The molecule has 0 bridgehead atoms. The molecule has 1 aliphatic rings. The van der Waals surface area contributed by atoms with Crippen LogP contribution in [0.3, 0.4) is 0 Å². The predicted molar refractivity (Wildman–Crippen MR) is 81.9 cm³/mol. The van der Waals surface area contributed by atoms with Gasteiger partial charge in [0.25, 0.3) is 5.91 Å². The lowest BCUT2D eigenvalue weighted by Crippen LogP contribution is -2.43. The lowest BCUT2D eigenvalue weighted by Gasteiger charge is -2.33. The number of hydrogen-bond acceptors (Lipinski definition) is 2. The van der Waals surface area contributed by atoms with E-state index in [1.807, 2.05) is 18.7 Å². The van der Waals surface area contributed by atoms with E-state index >= 15 is 0 Å². The zero-order valence-electron chi connectivity index (χ0n) is 12.7. The van der Waals surface area contributed by atoms with E-state index in [1.165, 1.54) is 24.3 Å². The Morgan fingerprint density at radius 3 is 2.18 bits per heavy atom. The Kier molecular flexibility index (Phi) is 5.42. The molecule has 1 aromatic carbocycles. The van der Waals surface area contributed by atoms with Crippen LogP contribution in [0, 0.1) is 0 Å². The molecule has 1 aliphatic carbocycles. The monoisotopic (exact) mass is 331 g/mol. The fourth-order valence-corrected chi connectivity index (χ4v) is 3.49. The third-order valence-electron chi connectivity index (χ3n) is 3.84. The van der Waals surface area contributed by atoms with Gasteiger partial charge in [0, 0.05) is 22.5 Å². The summed E-state index contributed by atoms with van der Waals surface area (Å²) in [5, 5.41) is 0. The van der Waals surface area contributed by atoms with Gasteiger partial charge < -0.3 is 4.90 Å². The predicted octanol–water partition coefficient (Wildman–Crippen LogP) is 5.09. The fourth-order valence-electron chi connectivity index (χ4n) is 2.95. The second-order valence-corrected chi connectivity index (χ2v) is 6.96. The lowest BCUT2D eigenvalue weighted by atomic mass is 10.1. The number of rotatable bonds is 4. The summed E-state index contributed by atoms with van der Waals surface area (Å²) in [4.78, 5) is 14.6. The van der Waals surface area contributed by atoms with Crippen LogP contribution in [0.4, 0.5) is 13.2 Å². The zero-order chi connectivity index (χ0) is 16.3. The number of benzene rings is 1. The molecule has 1 aromatic rings. The molecule has 0 unspecified atom stereocenters. The average molecular weight is 331 g/mol. The van der Waals surface area contributed by atoms with Crippen LogP contribution in [-0.2, 0) is 0 Å². The van der Waals surface area contributed by atoms with Gasteiger partial charge in [-0.15, -0.1) is 0 Å². The van der Waals surface area contributed by atoms with Gasteiger partial charge in [-0.25, -0.2) is 0 Å². The minimum Gasteiger partial charge on any atom is -0.333 e. The van der Waals surface area contributed by atoms with Crippen molar-refractivity contribution in [3.63, 3.8) is 0 Å². The van der Waals surface area contributed by atoms with E-state index < -0.39 is 5.51 Å². The number of hydrogen-bond donors (Lipinski definition) is 0. The first-order chi connectivity index (χ1) is 10.3. The smallest absolute Gasteiger partial charge is 0.333 e. The molecule has 0 aliphatic heterocycles. The number of thioether (sulfide) groups is 1. The summed E-state index contributed by atoms with van der Waals surface area (Å²) in [6, 6.07) is 6.02. The molecule has 1 saturated carbocycles.